The summed E-state index contributed by atoms with van der Waals surface area (Å²) in [7, 11) is 1.69. The summed E-state index contributed by atoms with van der Waals surface area (Å²) in [6.07, 6.45) is 5.94. The lowest BCUT2D eigenvalue weighted by Crippen LogP contribution is -2.23. The normalized spacial score (nSPS) is 16.9. The van der Waals surface area contributed by atoms with Crippen molar-refractivity contribution in [3.63, 3.8) is 0 Å². The highest BCUT2D eigenvalue weighted by molar-refractivity contribution is 5.47. The highest BCUT2D eigenvalue weighted by Crippen LogP contribution is 2.32. The second-order valence-electron chi connectivity index (χ2n) is 7.13. The molecule has 2 aromatic heterocycles. The number of aryl methyl sites for hydroxylation is 1. The van der Waals surface area contributed by atoms with E-state index in [2.05, 4.69) is 32.3 Å². The first-order chi connectivity index (χ1) is 13.7. The number of benzene rings is 1. The molecule has 0 radical (unpaired) electrons. The highest BCUT2D eigenvalue weighted by Gasteiger charge is 2.27. The molecule has 28 heavy (non-hydrogen) atoms. The molecular formula is C22H25N5O. The first-order valence-corrected chi connectivity index (χ1v) is 9.61. The second-order valence-corrected chi connectivity index (χ2v) is 7.13. The summed E-state index contributed by atoms with van der Waals surface area (Å²) in [6.45, 7) is 4.00. The number of hydrogen-bond acceptors (Lipinski definition) is 6. The van der Waals surface area contributed by atoms with Crippen molar-refractivity contribution < 1.29 is 4.74 Å². The zero-order valence-electron chi connectivity index (χ0n) is 16.3. The smallest absolute Gasteiger partial charge is 0.228 e. The van der Waals surface area contributed by atoms with Gasteiger partial charge in [-0.05, 0) is 61.7 Å². The van der Waals surface area contributed by atoms with Gasteiger partial charge in [-0.25, -0.2) is 15.0 Å². The van der Waals surface area contributed by atoms with Crippen molar-refractivity contribution in [1.29, 1.82) is 0 Å². The third kappa shape index (κ3) is 4.28. The molecular weight excluding hydrogens is 350 g/mol. The molecule has 3 heterocycles. The highest BCUT2D eigenvalue weighted by atomic mass is 16.5. The van der Waals surface area contributed by atoms with Crippen LogP contribution in [-0.4, -0.2) is 33.5 Å². The molecule has 1 aromatic carbocycles. The fourth-order valence-corrected chi connectivity index (χ4v) is 3.59. The van der Waals surface area contributed by atoms with E-state index in [0.717, 1.165) is 42.3 Å². The summed E-state index contributed by atoms with van der Waals surface area (Å²) in [6, 6.07) is 14.6. The van der Waals surface area contributed by atoms with Gasteiger partial charge in [0.25, 0.3) is 0 Å². The molecule has 0 spiro atoms. The lowest BCUT2D eigenvalue weighted by molar-refractivity contribution is 0.244. The quantitative estimate of drug-likeness (QED) is 0.694. The zero-order valence-corrected chi connectivity index (χ0v) is 16.3. The van der Waals surface area contributed by atoms with Gasteiger partial charge in [0.1, 0.15) is 11.6 Å². The summed E-state index contributed by atoms with van der Waals surface area (Å²) in [5.74, 6) is 2.23. The van der Waals surface area contributed by atoms with Crippen LogP contribution in [0, 0.1) is 6.92 Å². The van der Waals surface area contributed by atoms with Gasteiger partial charge in [0.05, 0.1) is 18.8 Å². The number of ether oxygens (including phenoxy) is 1. The van der Waals surface area contributed by atoms with Gasteiger partial charge in [-0.15, -0.1) is 0 Å². The molecule has 1 saturated heterocycles. The van der Waals surface area contributed by atoms with E-state index in [1.807, 2.05) is 49.6 Å². The van der Waals surface area contributed by atoms with Gasteiger partial charge in [-0.1, -0.05) is 18.2 Å². The minimum atomic E-state index is 0.302. The van der Waals surface area contributed by atoms with Crippen molar-refractivity contribution in [2.75, 3.05) is 19.0 Å². The van der Waals surface area contributed by atoms with Crippen LogP contribution in [0.3, 0.4) is 0 Å². The monoisotopic (exact) mass is 375 g/mol. The predicted molar refractivity (Wildman–Crippen MR) is 110 cm³/mol. The first-order valence-electron chi connectivity index (χ1n) is 9.61. The SMILES string of the molecule is COc1ccc(CN2CCC[C@H]2c2ccnc(Nc3ccc(C)cn3)n2)cc1. The van der Waals surface area contributed by atoms with Gasteiger partial charge in [0.15, 0.2) is 0 Å². The fourth-order valence-electron chi connectivity index (χ4n) is 3.59. The standard InChI is InChI=1S/C22H25N5O/c1-16-5-10-21(24-14-16)26-22-23-12-11-19(25-22)20-4-3-13-27(20)15-17-6-8-18(28-2)9-7-17/h5-12,14,20H,3-4,13,15H2,1-2H3,(H,23,24,25,26)/t20-/m0/s1. The predicted octanol–water partition coefficient (Wildman–Crippen LogP) is 4.27. The van der Waals surface area contributed by atoms with E-state index in [-0.39, 0.29) is 0 Å². The molecule has 1 fully saturated rings. The first kappa shape index (κ1) is 18.4. The van der Waals surface area contributed by atoms with Gasteiger partial charge in [-0.3, -0.25) is 4.90 Å². The Balaban J connectivity index is 1.48. The molecule has 6 heteroatoms. The Morgan fingerprint density at radius 2 is 1.96 bits per heavy atom. The average Bonchev–Trinajstić information content (AvgIpc) is 3.19. The molecule has 4 rings (SSSR count). The van der Waals surface area contributed by atoms with Gasteiger partial charge in [-0.2, -0.15) is 0 Å². The molecule has 144 valence electrons. The molecule has 0 unspecified atom stereocenters. The molecule has 1 N–H and O–H groups in total. The van der Waals surface area contributed by atoms with E-state index in [4.69, 9.17) is 9.72 Å². The number of rotatable bonds is 6. The second kappa shape index (κ2) is 8.35. The molecule has 6 nitrogen and oxygen atoms in total. The Morgan fingerprint density at radius 3 is 2.71 bits per heavy atom. The van der Waals surface area contributed by atoms with Crippen molar-refractivity contribution in [2.24, 2.45) is 0 Å². The van der Waals surface area contributed by atoms with Crippen LogP contribution in [0.4, 0.5) is 11.8 Å². The molecule has 0 saturated carbocycles. The summed E-state index contributed by atoms with van der Waals surface area (Å²) in [5, 5.41) is 3.21. The maximum atomic E-state index is 5.26. The van der Waals surface area contributed by atoms with Crippen LogP contribution in [0.5, 0.6) is 5.75 Å². The van der Waals surface area contributed by atoms with Crippen molar-refractivity contribution in [3.05, 3.63) is 71.7 Å². The summed E-state index contributed by atoms with van der Waals surface area (Å²) < 4.78 is 5.26. The number of aromatic nitrogens is 3. The number of pyridine rings is 1. The Bertz CT molecular complexity index is 911. The number of nitrogens with one attached hydrogen (secondary N) is 1. The van der Waals surface area contributed by atoms with Crippen LogP contribution >= 0.6 is 0 Å². The largest absolute Gasteiger partial charge is 0.497 e. The minimum absolute atomic E-state index is 0.302. The molecule has 0 aliphatic carbocycles. The number of nitrogens with zero attached hydrogens (tertiary/aromatic N) is 4. The van der Waals surface area contributed by atoms with E-state index in [9.17, 15) is 0 Å². The van der Waals surface area contributed by atoms with Crippen molar-refractivity contribution >= 4 is 11.8 Å². The van der Waals surface area contributed by atoms with Crippen molar-refractivity contribution in [1.82, 2.24) is 19.9 Å². The van der Waals surface area contributed by atoms with E-state index in [1.54, 1.807) is 7.11 Å². The van der Waals surface area contributed by atoms with Gasteiger partial charge in [0.2, 0.25) is 5.95 Å². The summed E-state index contributed by atoms with van der Waals surface area (Å²) in [4.78, 5) is 16.0. The molecule has 0 bridgehead atoms. The third-order valence-electron chi connectivity index (χ3n) is 5.08. The maximum absolute atomic E-state index is 5.26. The van der Waals surface area contributed by atoms with Gasteiger partial charge in [0, 0.05) is 18.9 Å². The number of hydrogen-bond donors (Lipinski definition) is 1. The molecule has 1 aliphatic heterocycles. The van der Waals surface area contributed by atoms with E-state index in [1.165, 1.54) is 12.0 Å². The van der Waals surface area contributed by atoms with E-state index in [0.29, 0.717) is 12.0 Å². The lowest BCUT2D eigenvalue weighted by Gasteiger charge is -2.24. The molecule has 1 atom stereocenters. The topological polar surface area (TPSA) is 63.2 Å². The lowest BCUT2D eigenvalue weighted by atomic mass is 10.1. The number of likely N-dealkylation sites (tertiary alicyclic amines) is 1. The van der Waals surface area contributed by atoms with Crippen molar-refractivity contribution in [3.8, 4) is 5.75 Å². The molecule has 1 aliphatic rings. The van der Waals surface area contributed by atoms with Crippen LogP contribution in [0.25, 0.3) is 0 Å². The Labute approximate surface area is 165 Å². The Morgan fingerprint density at radius 1 is 1.11 bits per heavy atom. The Hall–Kier alpha value is -2.99. The molecule has 3 aromatic rings. The maximum Gasteiger partial charge on any atom is 0.228 e. The summed E-state index contributed by atoms with van der Waals surface area (Å²) >= 11 is 0. The van der Waals surface area contributed by atoms with Crippen LogP contribution < -0.4 is 10.1 Å². The fraction of sp³-hybridized carbons (Fsp3) is 0.318. The number of anilines is 2. The average molecular weight is 375 g/mol. The van der Waals surface area contributed by atoms with Gasteiger partial charge < -0.3 is 10.1 Å². The van der Waals surface area contributed by atoms with Crippen LogP contribution in [-0.2, 0) is 6.54 Å². The van der Waals surface area contributed by atoms with E-state index < -0.39 is 0 Å². The van der Waals surface area contributed by atoms with Crippen LogP contribution in [0.2, 0.25) is 0 Å². The van der Waals surface area contributed by atoms with Crippen LogP contribution in [0.1, 0.15) is 35.7 Å². The van der Waals surface area contributed by atoms with Crippen molar-refractivity contribution in [2.45, 2.75) is 32.4 Å². The number of methoxy groups -OCH3 is 1. The van der Waals surface area contributed by atoms with Gasteiger partial charge >= 0.3 is 0 Å². The molecule has 0 amide bonds. The zero-order chi connectivity index (χ0) is 19.3. The Kier molecular flexibility index (Phi) is 5.48. The third-order valence-corrected chi connectivity index (χ3v) is 5.08. The van der Waals surface area contributed by atoms with Crippen LogP contribution in [0.15, 0.2) is 54.9 Å². The summed E-state index contributed by atoms with van der Waals surface area (Å²) in [5.41, 5.74) is 3.46. The van der Waals surface area contributed by atoms with E-state index >= 15 is 0 Å². The minimum Gasteiger partial charge on any atom is -0.497 e.